The van der Waals surface area contributed by atoms with Crippen molar-refractivity contribution in [2.75, 3.05) is 14.2 Å². The van der Waals surface area contributed by atoms with Gasteiger partial charge in [-0.2, -0.15) is 0 Å². The Balaban J connectivity index is 2.19. The van der Waals surface area contributed by atoms with Crippen molar-refractivity contribution >= 4 is 5.97 Å². The van der Waals surface area contributed by atoms with Crippen molar-refractivity contribution in [2.24, 2.45) is 5.92 Å². The Kier molecular flexibility index (Phi) is 6.88. The topological polar surface area (TPSA) is 44.8 Å². The Morgan fingerprint density at radius 3 is 2.56 bits per heavy atom. The van der Waals surface area contributed by atoms with Gasteiger partial charge in [0.05, 0.1) is 19.6 Å². The van der Waals surface area contributed by atoms with E-state index in [1.165, 1.54) is 12.0 Å². The van der Waals surface area contributed by atoms with Crippen LogP contribution in [0.15, 0.2) is 24.3 Å². The molecule has 1 aromatic rings. The Bertz CT molecular complexity index is 567. The van der Waals surface area contributed by atoms with E-state index in [4.69, 9.17) is 14.2 Å². The van der Waals surface area contributed by atoms with E-state index in [1.807, 2.05) is 25.1 Å². The molecular formula is C21H32O4. The minimum absolute atomic E-state index is 0.0507. The molecule has 1 fully saturated rings. The first kappa shape index (κ1) is 19.8. The number of carbonyl (C=O) groups is 1. The molecule has 4 heteroatoms. The normalized spacial score (nSPS) is 22.3. The van der Waals surface area contributed by atoms with Crippen molar-refractivity contribution in [3.63, 3.8) is 0 Å². The van der Waals surface area contributed by atoms with Gasteiger partial charge in [-0.05, 0) is 37.7 Å². The van der Waals surface area contributed by atoms with Gasteiger partial charge in [0.15, 0.2) is 0 Å². The fourth-order valence-electron chi connectivity index (χ4n) is 3.98. The van der Waals surface area contributed by atoms with E-state index in [1.54, 1.807) is 14.2 Å². The van der Waals surface area contributed by atoms with Gasteiger partial charge in [-0.3, -0.25) is 4.79 Å². The molecule has 1 saturated carbocycles. The van der Waals surface area contributed by atoms with E-state index in [9.17, 15) is 4.79 Å². The number of benzene rings is 1. The van der Waals surface area contributed by atoms with Crippen molar-refractivity contribution < 1.29 is 19.0 Å². The zero-order chi connectivity index (χ0) is 18.4. The quantitative estimate of drug-likeness (QED) is 0.681. The number of carbonyl (C=O) groups excluding carboxylic acids is 1. The minimum atomic E-state index is -0.165. The average molecular weight is 348 g/mol. The molecular weight excluding hydrogens is 316 g/mol. The molecule has 0 bridgehead atoms. The van der Waals surface area contributed by atoms with Gasteiger partial charge in [-0.15, -0.1) is 0 Å². The molecule has 0 aromatic heterocycles. The van der Waals surface area contributed by atoms with Crippen LogP contribution in [0.1, 0.15) is 58.4 Å². The highest BCUT2D eigenvalue weighted by atomic mass is 16.5. The van der Waals surface area contributed by atoms with Gasteiger partial charge >= 0.3 is 5.97 Å². The number of hydrogen-bond acceptors (Lipinski definition) is 4. The van der Waals surface area contributed by atoms with Gasteiger partial charge in [0, 0.05) is 18.6 Å². The first-order valence-corrected chi connectivity index (χ1v) is 9.26. The van der Waals surface area contributed by atoms with Crippen LogP contribution in [-0.2, 0) is 19.7 Å². The molecule has 3 atom stereocenters. The smallest absolute Gasteiger partial charge is 0.308 e. The lowest BCUT2D eigenvalue weighted by molar-refractivity contribution is -0.157. The van der Waals surface area contributed by atoms with Gasteiger partial charge in [0.2, 0.25) is 0 Å². The summed E-state index contributed by atoms with van der Waals surface area (Å²) in [6.07, 6.45) is 4.40. The molecule has 0 radical (unpaired) electrons. The largest absolute Gasteiger partial charge is 0.496 e. The van der Waals surface area contributed by atoms with E-state index in [0.717, 1.165) is 25.0 Å². The first-order valence-electron chi connectivity index (χ1n) is 9.26. The number of para-hydroxylation sites is 1. The Morgan fingerprint density at radius 2 is 1.88 bits per heavy atom. The molecule has 1 aromatic carbocycles. The van der Waals surface area contributed by atoms with E-state index in [0.29, 0.717) is 6.42 Å². The monoisotopic (exact) mass is 348 g/mol. The Labute approximate surface area is 151 Å². The molecule has 2 rings (SSSR count). The number of hydrogen-bond donors (Lipinski definition) is 0. The molecule has 1 aliphatic rings. The van der Waals surface area contributed by atoms with Crippen LogP contribution in [0.5, 0.6) is 5.75 Å². The first-order chi connectivity index (χ1) is 11.9. The lowest BCUT2D eigenvalue weighted by Gasteiger charge is -2.42. The molecule has 0 heterocycles. The van der Waals surface area contributed by atoms with E-state index < -0.39 is 0 Å². The van der Waals surface area contributed by atoms with Crippen LogP contribution in [-0.4, -0.2) is 32.4 Å². The highest BCUT2D eigenvalue weighted by Crippen LogP contribution is 2.45. The minimum Gasteiger partial charge on any atom is -0.496 e. The number of esters is 1. The number of rotatable bonds is 7. The summed E-state index contributed by atoms with van der Waals surface area (Å²) >= 11 is 0. The molecule has 0 N–H and O–H groups in total. The summed E-state index contributed by atoms with van der Waals surface area (Å²) in [5.74, 6) is 1.01. The summed E-state index contributed by atoms with van der Waals surface area (Å²) in [7, 11) is 3.32. The lowest BCUT2D eigenvalue weighted by Crippen LogP contribution is -2.42. The zero-order valence-electron chi connectivity index (χ0n) is 16.2. The summed E-state index contributed by atoms with van der Waals surface area (Å²) in [6, 6.07) is 8.16. The number of methoxy groups -OCH3 is 2. The van der Waals surface area contributed by atoms with Crippen molar-refractivity contribution in [2.45, 2.75) is 70.5 Å². The molecule has 0 saturated heterocycles. The van der Waals surface area contributed by atoms with Gasteiger partial charge in [-0.1, -0.05) is 38.5 Å². The van der Waals surface area contributed by atoms with Crippen molar-refractivity contribution in [1.82, 2.24) is 0 Å². The van der Waals surface area contributed by atoms with Crippen LogP contribution >= 0.6 is 0 Å². The second kappa shape index (κ2) is 8.70. The summed E-state index contributed by atoms with van der Waals surface area (Å²) in [4.78, 5) is 12.3. The van der Waals surface area contributed by atoms with Crippen LogP contribution in [0.4, 0.5) is 0 Å². The molecule has 1 aliphatic carbocycles. The van der Waals surface area contributed by atoms with Gasteiger partial charge in [0.1, 0.15) is 11.9 Å². The van der Waals surface area contributed by atoms with Gasteiger partial charge < -0.3 is 14.2 Å². The average Bonchev–Trinajstić information content (AvgIpc) is 2.61. The van der Waals surface area contributed by atoms with E-state index in [2.05, 4.69) is 19.9 Å². The third kappa shape index (κ3) is 4.75. The summed E-state index contributed by atoms with van der Waals surface area (Å²) in [5, 5.41) is 0. The van der Waals surface area contributed by atoms with Gasteiger partial charge in [0.25, 0.3) is 0 Å². The van der Waals surface area contributed by atoms with E-state index >= 15 is 0 Å². The van der Waals surface area contributed by atoms with Gasteiger partial charge in [-0.25, -0.2) is 0 Å². The highest BCUT2D eigenvalue weighted by molar-refractivity contribution is 5.70. The lowest BCUT2D eigenvalue weighted by atomic mass is 9.66. The fraction of sp³-hybridized carbons (Fsp3) is 0.667. The zero-order valence-corrected chi connectivity index (χ0v) is 16.2. The van der Waals surface area contributed by atoms with Crippen LogP contribution in [0, 0.1) is 5.92 Å². The standard InChI is InChI=1S/C21H32O4/c1-15(23-4)14-20(22)25-19-13-9-7-11-17(19)21(2,3)16-10-6-8-12-18(16)24-5/h6,8,10,12,15,17,19H,7,9,11,13-14H2,1-5H3/t15?,17-,19-/m0/s1. The van der Waals surface area contributed by atoms with Crippen LogP contribution in [0.25, 0.3) is 0 Å². The number of ether oxygens (including phenoxy) is 3. The Hall–Kier alpha value is -1.55. The maximum Gasteiger partial charge on any atom is 0.308 e. The summed E-state index contributed by atoms with van der Waals surface area (Å²) in [6.45, 7) is 6.36. The Morgan fingerprint density at radius 1 is 1.20 bits per heavy atom. The van der Waals surface area contributed by atoms with Crippen molar-refractivity contribution in [3.05, 3.63) is 29.8 Å². The third-order valence-electron chi connectivity index (χ3n) is 5.57. The fourth-order valence-corrected chi connectivity index (χ4v) is 3.98. The van der Waals surface area contributed by atoms with Crippen molar-refractivity contribution in [3.8, 4) is 5.75 Å². The van der Waals surface area contributed by atoms with Crippen LogP contribution in [0.2, 0.25) is 0 Å². The summed E-state index contributed by atoms with van der Waals surface area (Å²) < 4.78 is 16.7. The molecule has 0 amide bonds. The highest BCUT2D eigenvalue weighted by Gasteiger charge is 2.41. The SMILES string of the molecule is COc1ccccc1C(C)(C)[C@H]1CCCC[C@@H]1OC(=O)CC(C)OC. The predicted molar refractivity (Wildman–Crippen MR) is 98.9 cm³/mol. The second-order valence-corrected chi connectivity index (χ2v) is 7.59. The molecule has 25 heavy (non-hydrogen) atoms. The maximum absolute atomic E-state index is 12.3. The van der Waals surface area contributed by atoms with Crippen LogP contribution < -0.4 is 4.74 Å². The predicted octanol–water partition coefficient (Wildman–Crippen LogP) is 4.50. The molecule has 0 aliphatic heterocycles. The van der Waals surface area contributed by atoms with Crippen LogP contribution in [0.3, 0.4) is 0 Å². The maximum atomic E-state index is 12.3. The third-order valence-corrected chi connectivity index (χ3v) is 5.57. The summed E-state index contributed by atoms with van der Waals surface area (Å²) in [5.41, 5.74) is 1.04. The second-order valence-electron chi connectivity index (χ2n) is 7.59. The van der Waals surface area contributed by atoms with Crippen molar-refractivity contribution in [1.29, 1.82) is 0 Å². The molecule has 140 valence electrons. The molecule has 0 spiro atoms. The molecule has 4 nitrogen and oxygen atoms in total. The van der Waals surface area contributed by atoms with E-state index in [-0.39, 0.29) is 29.5 Å². The molecule has 1 unspecified atom stereocenters.